The van der Waals surface area contributed by atoms with Gasteiger partial charge in [-0.25, -0.2) is 0 Å². The number of nitrogens with zero attached hydrogens (tertiary/aromatic N) is 1. The smallest absolute Gasteiger partial charge is 0.159 e. The Labute approximate surface area is 133 Å². The minimum atomic E-state index is 0.113. The third kappa shape index (κ3) is 3.81. The van der Waals surface area contributed by atoms with Crippen LogP contribution in [0.3, 0.4) is 0 Å². The number of ether oxygens (including phenoxy) is 2. The van der Waals surface area contributed by atoms with Crippen molar-refractivity contribution in [1.82, 2.24) is 10.2 Å². The number of hydrogen-bond donors (Lipinski definition) is 1. The zero-order valence-electron chi connectivity index (χ0n) is 13.3. The fourth-order valence-corrected chi connectivity index (χ4v) is 3.42. The van der Waals surface area contributed by atoms with E-state index in [1.807, 2.05) is 0 Å². The molecule has 0 aromatic carbocycles. The van der Waals surface area contributed by atoms with Gasteiger partial charge in [0.2, 0.25) is 0 Å². The molecule has 0 saturated carbocycles. The lowest BCUT2D eigenvalue weighted by Crippen LogP contribution is -2.37. The maximum Gasteiger partial charge on any atom is 0.159 e. The van der Waals surface area contributed by atoms with Gasteiger partial charge in [0.1, 0.15) is 18.8 Å². The number of hydrogen-bond acceptors (Lipinski definition) is 4. The summed E-state index contributed by atoms with van der Waals surface area (Å²) < 4.78 is 10.9. The second kappa shape index (κ2) is 7.65. The highest BCUT2D eigenvalue weighted by Crippen LogP contribution is 2.24. The highest BCUT2D eigenvalue weighted by molar-refractivity contribution is 5.29. The maximum absolute atomic E-state index is 5.65. The molecule has 2 heterocycles. The molecule has 3 rings (SSSR count). The van der Waals surface area contributed by atoms with E-state index in [4.69, 9.17) is 9.47 Å². The van der Waals surface area contributed by atoms with E-state index in [2.05, 4.69) is 35.5 Å². The molecule has 4 nitrogen and oxygen atoms in total. The molecule has 0 aromatic rings. The molecule has 1 saturated heterocycles. The molecule has 1 fully saturated rings. The average molecular weight is 302 g/mol. The monoisotopic (exact) mass is 302 g/mol. The molecular formula is C18H26N2O2. The van der Waals surface area contributed by atoms with Crippen molar-refractivity contribution < 1.29 is 9.47 Å². The van der Waals surface area contributed by atoms with Crippen molar-refractivity contribution in [3.05, 3.63) is 48.3 Å². The molecule has 4 heteroatoms. The van der Waals surface area contributed by atoms with Crippen LogP contribution in [-0.4, -0.2) is 37.1 Å². The SMILES string of the molecule is CN1CCCC1CCNC(C1=CC=CCC1)C1=COC=CO1. The average Bonchev–Trinajstić information content (AvgIpc) is 2.98. The van der Waals surface area contributed by atoms with E-state index < -0.39 is 0 Å². The van der Waals surface area contributed by atoms with Crippen LogP contribution in [0, 0.1) is 0 Å². The Morgan fingerprint density at radius 1 is 1.41 bits per heavy atom. The van der Waals surface area contributed by atoms with Crippen molar-refractivity contribution >= 4 is 0 Å². The van der Waals surface area contributed by atoms with E-state index in [9.17, 15) is 0 Å². The highest BCUT2D eigenvalue weighted by Gasteiger charge is 2.24. The van der Waals surface area contributed by atoms with E-state index in [1.54, 1.807) is 18.8 Å². The minimum Gasteiger partial charge on any atom is -0.466 e. The van der Waals surface area contributed by atoms with Crippen LogP contribution >= 0.6 is 0 Å². The number of likely N-dealkylation sites (tertiary alicyclic amines) is 1. The summed E-state index contributed by atoms with van der Waals surface area (Å²) in [5, 5.41) is 3.67. The van der Waals surface area contributed by atoms with Gasteiger partial charge in [-0.05, 0) is 57.8 Å². The summed E-state index contributed by atoms with van der Waals surface area (Å²) in [5.74, 6) is 0.851. The van der Waals surface area contributed by atoms with Crippen LogP contribution in [0.4, 0.5) is 0 Å². The predicted octanol–water partition coefficient (Wildman–Crippen LogP) is 3.06. The van der Waals surface area contributed by atoms with Gasteiger partial charge in [-0.15, -0.1) is 0 Å². The molecule has 120 valence electrons. The summed E-state index contributed by atoms with van der Waals surface area (Å²) >= 11 is 0. The molecule has 2 unspecified atom stereocenters. The zero-order valence-corrected chi connectivity index (χ0v) is 13.3. The van der Waals surface area contributed by atoms with Gasteiger partial charge in [0.15, 0.2) is 5.76 Å². The normalized spacial score (nSPS) is 26.1. The first-order valence-corrected chi connectivity index (χ1v) is 8.31. The van der Waals surface area contributed by atoms with Crippen molar-refractivity contribution in [2.24, 2.45) is 0 Å². The summed E-state index contributed by atoms with van der Waals surface area (Å²) in [6.07, 6.45) is 17.4. The van der Waals surface area contributed by atoms with Gasteiger partial charge >= 0.3 is 0 Å². The second-order valence-electron chi connectivity index (χ2n) is 6.21. The fraction of sp³-hybridized carbons (Fsp3) is 0.556. The summed E-state index contributed by atoms with van der Waals surface area (Å²) in [5.41, 5.74) is 1.37. The van der Waals surface area contributed by atoms with Crippen molar-refractivity contribution in [2.75, 3.05) is 20.1 Å². The Morgan fingerprint density at radius 3 is 3.05 bits per heavy atom. The Balaban J connectivity index is 1.59. The van der Waals surface area contributed by atoms with Crippen LogP contribution in [0.25, 0.3) is 0 Å². The van der Waals surface area contributed by atoms with Crippen molar-refractivity contribution in [3.63, 3.8) is 0 Å². The molecule has 0 bridgehead atoms. The maximum atomic E-state index is 5.65. The molecule has 2 aliphatic heterocycles. The van der Waals surface area contributed by atoms with Gasteiger partial charge in [0, 0.05) is 6.04 Å². The van der Waals surface area contributed by atoms with Gasteiger partial charge < -0.3 is 19.7 Å². The van der Waals surface area contributed by atoms with E-state index in [0.717, 1.165) is 25.1 Å². The van der Waals surface area contributed by atoms with E-state index in [-0.39, 0.29) is 6.04 Å². The first-order valence-electron chi connectivity index (χ1n) is 8.31. The van der Waals surface area contributed by atoms with Crippen molar-refractivity contribution in [2.45, 2.75) is 44.2 Å². The van der Waals surface area contributed by atoms with Crippen LogP contribution < -0.4 is 5.32 Å². The quantitative estimate of drug-likeness (QED) is 0.817. The largest absolute Gasteiger partial charge is 0.466 e. The van der Waals surface area contributed by atoms with Crippen molar-refractivity contribution in [1.29, 1.82) is 0 Å². The fourth-order valence-electron chi connectivity index (χ4n) is 3.42. The van der Waals surface area contributed by atoms with Gasteiger partial charge in [-0.2, -0.15) is 0 Å². The minimum absolute atomic E-state index is 0.113. The van der Waals surface area contributed by atoms with Crippen LogP contribution in [0.1, 0.15) is 32.1 Å². The van der Waals surface area contributed by atoms with E-state index in [0.29, 0.717) is 6.04 Å². The molecule has 0 amide bonds. The van der Waals surface area contributed by atoms with Crippen LogP contribution in [0.2, 0.25) is 0 Å². The summed E-state index contributed by atoms with van der Waals surface area (Å²) in [6, 6.07) is 0.826. The molecule has 1 N–H and O–H groups in total. The van der Waals surface area contributed by atoms with Crippen molar-refractivity contribution in [3.8, 4) is 0 Å². The Morgan fingerprint density at radius 2 is 2.36 bits per heavy atom. The Hall–Kier alpha value is -1.52. The number of nitrogens with one attached hydrogen (secondary N) is 1. The highest BCUT2D eigenvalue weighted by atomic mass is 16.5. The number of rotatable bonds is 6. The third-order valence-corrected chi connectivity index (χ3v) is 4.72. The van der Waals surface area contributed by atoms with Crippen LogP contribution in [-0.2, 0) is 9.47 Å². The lowest BCUT2D eigenvalue weighted by Gasteiger charge is -2.27. The first-order chi connectivity index (χ1) is 10.8. The van der Waals surface area contributed by atoms with Crippen LogP contribution in [0.15, 0.2) is 48.3 Å². The molecule has 0 spiro atoms. The first kappa shape index (κ1) is 15.4. The summed E-state index contributed by atoms with van der Waals surface area (Å²) in [6.45, 7) is 2.22. The topological polar surface area (TPSA) is 33.7 Å². The lowest BCUT2D eigenvalue weighted by molar-refractivity contribution is 0.230. The standard InChI is InChI=1S/C18H26N2O2/c1-20-11-5-8-16(20)9-10-19-18(15-6-3-2-4-7-15)17-14-21-12-13-22-17/h2-3,6,12-14,16,18-19H,4-5,7-11H2,1H3. The summed E-state index contributed by atoms with van der Waals surface area (Å²) in [7, 11) is 2.23. The Bertz CT molecular complexity index is 493. The molecular weight excluding hydrogens is 276 g/mol. The van der Waals surface area contributed by atoms with Gasteiger partial charge in [-0.3, -0.25) is 0 Å². The predicted molar refractivity (Wildman–Crippen MR) is 87.9 cm³/mol. The molecule has 2 atom stereocenters. The van der Waals surface area contributed by atoms with Gasteiger partial charge in [0.25, 0.3) is 0 Å². The molecule has 1 aliphatic carbocycles. The van der Waals surface area contributed by atoms with E-state index in [1.165, 1.54) is 31.4 Å². The summed E-state index contributed by atoms with van der Waals surface area (Å²) in [4.78, 5) is 2.47. The third-order valence-electron chi connectivity index (χ3n) is 4.72. The lowest BCUT2D eigenvalue weighted by atomic mass is 9.96. The number of allylic oxidation sites excluding steroid dienone is 3. The molecule has 22 heavy (non-hydrogen) atoms. The van der Waals surface area contributed by atoms with Gasteiger partial charge in [0.05, 0.1) is 6.04 Å². The second-order valence-corrected chi connectivity index (χ2v) is 6.21. The van der Waals surface area contributed by atoms with Gasteiger partial charge in [-0.1, -0.05) is 18.2 Å². The molecule has 0 radical (unpaired) electrons. The molecule has 3 aliphatic rings. The Kier molecular flexibility index (Phi) is 5.35. The van der Waals surface area contributed by atoms with Crippen LogP contribution in [0.5, 0.6) is 0 Å². The zero-order chi connectivity index (χ0) is 15.2. The molecule has 0 aromatic heterocycles. The van der Waals surface area contributed by atoms with E-state index >= 15 is 0 Å².